The van der Waals surface area contributed by atoms with Crippen LogP contribution in [0.3, 0.4) is 0 Å². The van der Waals surface area contributed by atoms with E-state index in [0.29, 0.717) is 11.4 Å². The first kappa shape index (κ1) is 23.6. The number of para-hydroxylation sites is 1. The summed E-state index contributed by atoms with van der Waals surface area (Å²) in [5.74, 6) is 0.208. The third-order valence-electron chi connectivity index (χ3n) is 4.51. The number of hydrogen-bond acceptors (Lipinski definition) is 6. The molecule has 0 unspecified atom stereocenters. The average molecular weight is 473 g/mol. The second kappa shape index (κ2) is 10.5. The van der Waals surface area contributed by atoms with Crippen molar-refractivity contribution in [2.24, 2.45) is 0 Å². The quantitative estimate of drug-likeness (QED) is 0.486. The van der Waals surface area contributed by atoms with Gasteiger partial charge in [0, 0.05) is 15.9 Å². The maximum Gasteiger partial charge on any atom is 0.242 e. The number of ether oxygens (including phenoxy) is 2. The third-order valence-corrected chi connectivity index (χ3v) is 7.13. The number of amides is 1. The highest BCUT2D eigenvalue weighted by molar-refractivity contribution is 7.99. The number of carbonyl (C=O) groups excluding carboxylic acids is 1. The molecule has 1 atom stereocenters. The fourth-order valence-electron chi connectivity index (χ4n) is 2.85. The number of sulfonamides is 1. The Morgan fingerprint density at radius 3 is 2.25 bits per heavy atom. The van der Waals surface area contributed by atoms with E-state index < -0.39 is 22.0 Å². The van der Waals surface area contributed by atoms with Crippen molar-refractivity contribution in [3.63, 3.8) is 0 Å². The molecule has 7 nitrogen and oxygen atoms in total. The molecule has 0 fully saturated rings. The minimum atomic E-state index is -3.96. The van der Waals surface area contributed by atoms with Crippen LogP contribution in [-0.2, 0) is 14.8 Å². The van der Waals surface area contributed by atoms with Crippen LogP contribution in [-0.4, -0.2) is 34.6 Å². The maximum absolute atomic E-state index is 12.8. The summed E-state index contributed by atoms with van der Waals surface area (Å²) in [6.45, 7) is 1.49. The summed E-state index contributed by atoms with van der Waals surface area (Å²) >= 11 is 1.51. The normalized spacial score (nSPS) is 12.1. The Balaban J connectivity index is 1.73. The number of carbonyl (C=O) groups is 1. The molecular weight excluding hydrogens is 448 g/mol. The zero-order chi connectivity index (χ0) is 23.1. The third kappa shape index (κ3) is 5.82. The Morgan fingerprint density at radius 2 is 1.56 bits per heavy atom. The molecule has 0 bridgehead atoms. The standard InChI is InChI=1S/C23H24N2O5S2/c1-16(25-32(27,28)18-13-14-20(29-2)21(15-18)30-3)23(26)24-19-11-7-8-12-22(19)31-17-9-5-4-6-10-17/h4-16,25H,1-3H3,(H,24,26)/t16-/m1/s1. The lowest BCUT2D eigenvalue weighted by atomic mass is 10.3. The zero-order valence-corrected chi connectivity index (χ0v) is 19.5. The largest absolute Gasteiger partial charge is 0.493 e. The van der Waals surface area contributed by atoms with Crippen LogP contribution in [0.5, 0.6) is 11.5 Å². The molecule has 32 heavy (non-hydrogen) atoms. The summed E-state index contributed by atoms with van der Waals surface area (Å²) in [5, 5.41) is 2.81. The van der Waals surface area contributed by atoms with Gasteiger partial charge in [-0.1, -0.05) is 42.1 Å². The molecule has 0 aromatic heterocycles. The molecule has 2 N–H and O–H groups in total. The molecule has 0 saturated heterocycles. The van der Waals surface area contributed by atoms with Gasteiger partial charge >= 0.3 is 0 Å². The predicted octanol–water partition coefficient (Wildman–Crippen LogP) is 4.16. The number of methoxy groups -OCH3 is 2. The van der Waals surface area contributed by atoms with Crippen LogP contribution >= 0.6 is 11.8 Å². The first-order valence-electron chi connectivity index (χ1n) is 9.71. The van der Waals surface area contributed by atoms with Gasteiger partial charge in [0.1, 0.15) is 0 Å². The van der Waals surface area contributed by atoms with Gasteiger partial charge in [-0.05, 0) is 43.3 Å². The van der Waals surface area contributed by atoms with Crippen molar-refractivity contribution < 1.29 is 22.7 Å². The molecule has 3 rings (SSSR count). The van der Waals surface area contributed by atoms with Crippen LogP contribution in [0, 0.1) is 0 Å². The van der Waals surface area contributed by atoms with E-state index in [9.17, 15) is 13.2 Å². The summed E-state index contributed by atoms with van der Waals surface area (Å²) in [6, 6.07) is 20.3. The van der Waals surface area contributed by atoms with Crippen molar-refractivity contribution in [1.29, 1.82) is 0 Å². The number of nitrogens with one attached hydrogen (secondary N) is 2. The van der Waals surface area contributed by atoms with Crippen LogP contribution in [0.2, 0.25) is 0 Å². The Labute approximate surface area is 192 Å². The van der Waals surface area contributed by atoms with Crippen LogP contribution in [0.4, 0.5) is 5.69 Å². The van der Waals surface area contributed by atoms with Crippen molar-refractivity contribution in [2.45, 2.75) is 27.7 Å². The van der Waals surface area contributed by atoms with Gasteiger partial charge in [0.15, 0.2) is 11.5 Å². The number of hydrogen-bond donors (Lipinski definition) is 2. The second-order valence-electron chi connectivity index (χ2n) is 6.76. The van der Waals surface area contributed by atoms with E-state index in [1.54, 1.807) is 6.07 Å². The van der Waals surface area contributed by atoms with Gasteiger partial charge in [0.2, 0.25) is 15.9 Å². The highest BCUT2D eigenvalue weighted by atomic mass is 32.2. The first-order valence-corrected chi connectivity index (χ1v) is 12.0. The SMILES string of the molecule is COc1ccc(S(=O)(=O)N[C@H](C)C(=O)Nc2ccccc2Sc2ccccc2)cc1OC. The summed E-state index contributed by atoms with van der Waals surface area (Å²) in [5.41, 5.74) is 0.600. The lowest BCUT2D eigenvalue weighted by molar-refractivity contribution is -0.117. The van der Waals surface area contributed by atoms with E-state index in [0.717, 1.165) is 9.79 Å². The van der Waals surface area contributed by atoms with E-state index in [4.69, 9.17) is 9.47 Å². The van der Waals surface area contributed by atoms with Gasteiger partial charge in [0.05, 0.1) is 30.8 Å². The lowest BCUT2D eigenvalue weighted by Crippen LogP contribution is -2.41. The number of benzene rings is 3. The molecule has 0 saturated carbocycles. The Hall–Kier alpha value is -3.01. The second-order valence-corrected chi connectivity index (χ2v) is 9.59. The summed E-state index contributed by atoms with van der Waals surface area (Å²) in [6.07, 6.45) is 0. The highest BCUT2D eigenvalue weighted by Crippen LogP contribution is 2.33. The van der Waals surface area contributed by atoms with Crippen molar-refractivity contribution in [3.8, 4) is 11.5 Å². The van der Waals surface area contributed by atoms with E-state index >= 15 is 0 Å². The van der Waals surface area contributed by atoms with Crippen LogP contribution in [0.25, 0.3) is 0 Å². The molecule has 0 spiro atoms. The molecule has 168 valence electrons. The Kier molecular flexibility index (Phi) is 7.79. The lowest BCUT2D eigenvalue weighted by Gasteiger charge is -2.17. The van der Waals surface area contributed by atoms with Gasteiger partial charge in [0.25, 0.3) is 0 Å². The maximum atomic E-state index is 12.8. The monoisotopic (exact) mass is 472 g/mol. The molecule has 0 aliphatic heterocycles. The van der Waals surface area contributed by atoms with Gasteiger partial charge in [-0.15, -0.1) is 0 Å². The highest BCUT2D eigenvalue weighted by Gasteiger charge is 2.24. The van der Waals surface area contributed by atoms with Gasteiger partial charge in [-0.25, -0.2) is 8.42 Å². The number of rotatable bonds is 9. The van der Waals surface area contributed by atoms with Crippen molar-refractivity contribution in [1.82, 2.24) is 4.72 Å². The molecule has 3 aromatic rings. The summed E-state index contributed by atoms with van der Waals surface area (Å²) < 4.78 is 38.3. The topological polar surface area (TPSA) is 93.7 Å². The molecule has 0 radical (unpaired) electrons. The predicted molar refractivity (Wildman–Crippen MR) is 125 cm³/mol. The van der Waals surface area contributed by atoms with Gasteiger partial charge in [-0.3, -0.25) is 4.79 Å². The van der Waals surface area contributed by atoms with E-state index in [2.05, 4.69) is 10.0 Å². The molecule has 0 heterocycles. The van der Waals surface area contributed by atoms with Crippen molar-refractivity contribution in [2.75, 3.05) is 19.5 Å². The Bertz CT molecular complexity index is 1180. The number of anilines is 1. The Morgan fingerprint density at radius 1 is 0.906 bits per heavy atom. The molecule has 0 aliphatic rings. The summed E-state index contributed by atoms with van der Waals surface area (Å²) in [7, 11) is -1.08. The molecule has 1 amide bonds. The minimum absolute atomic E-state index is 0.0326. The molecule has 0 aliphatic carbocycles. The fraction of sp³-hybridized carbons (Fsp3) is 0.174. The average Bonchev–Trinajstić information content (AvgIpc) is 2.80. The van der Waals surface area contributed by atoms with Crippen LogP contribution in [0.15, 0.2) is 87.5 Å². The fourth-order valence-corrected chi connectivity index (χ4v) is 4.99. The molecular formula is C23H24N2O5S2. The van der Waals surface area contributed by atoms with Crippen LogP contribution < -0.4 is 19.5 Å². The van der Waals surface area contributed by atoms with Crippen LogP contribution in [0.1, 0.15) is 6.92 Å². The smallest absolute Gasteiger partial charge is 0.242 e. The van der Waals surface area contributed by atoms with Gasteiger partial charge < -0.3 is 14.8 Å². The molecule has 9 heteroatoms. The first-order chi connectivity index (χ1) is 15.3. The van der Waals surface area contributed by atoms with Gasteiger partial charge in [-0.2, -0.15) is 4.72 Å². The van der Waals surface area contributed by atoms with E-state index in [1.165, 1.54) is 51.1 Å². The van der Waals surface area contributed by atoms with E-state index in [-0.39, 0.29) is 10.6 Å². The summed E-state index contributed by atoms with van der Waals surface area (Å²) in [4.78, 5) is 14.6. The minimum Gasteiger partial charge on any atom is -0.493 e. The van der Waals surface area contributed by atoms with E-state index in [1.807, 2.05) is 48.5 Å². The zero-order valence-electron chi connectivity index (χ0n) is 17.9. The molecule has 3 aromatic carbocycles. The van der Waals surface area contributed by atoms with Crippen molar-refractivity contribution in [3.05, 3.63) is 72.8 Å². The van der Waals surface area contributed by atoms with Crippen molar-refractivity contribution >= 4 is 33.4 Å².